The number of rotatable bonds is 4. The van der Waals surface area contributed by atoms with Crippen LogP contribution >= 0.6 is 0 Å². The molecule has 1 aromatic carbocycles. The monoisotopic (exact) mass is 314 g/mol. The highest BCUT2D eigenvalue weighted by Crippen LogP contribution is 2.31. The van der Waals surface area contributed by atoms with Gasteiger partial charge in [-0.25, -0.2) is 0 Å². The Kier molecular flexibility index (Phi) is 4.99. The maximum Gasteiger partial charge on any atom is 0.253 e. The third-order valence-corrected chi connectivity index (χ3v) is 4.76. The van der Waals surface area contributed by atoms with Crippen molar-refractivity contribution < 1.29 is 9.59 Å². The van der Waals surface area contributed by atoms with Crippen molar-refractivity contribution in [3.63, 3.8) is 0 Å². The number of amides is 2. The van der Waals surface area contributed by atoms with E-state index in [1.807, 2.05) is 21.9 Å². The van der Waals surface area contributed by atoms with E-state index in [-0.39, 0.29) is 11.8 Å². The molecule has 0 N–H and O–H groups in total. The fraction of sp³-hybridized carbons (Fsp3) is 0.579. The molecule has 3 rings (SSSR count). The number of carbonyl (C=O) groups is 2. The first kappa shape index (κ1) is 16.0. The molecule has 1 saturated carbocycles. The molecule has 0 spiro atoms. The van der Waals surface area contributed by atoms with Gasteiger partial charge in [-0.1, -0.05) is 25.5 Å². The smallest absolute Gasteiger partial charge is 0.253 e. The third-order valence-electron chi connectivity index (χ3n) is 4.76. The molecule has 0 radical (unpaired) electrons. The zero-order valence-electron chi connectivity index (χ0n) is 14.0. The average Bonchev–Trinajstić information content (AvgIpc) is 3.41. The zero-order chi connectivity index (χ0) is 16.2. The van der Waals surface area contributed by atoms with Crippen LogP contribution in [0, 0.1) is 5.92 Å². The standard InChI is InChI=1S/C19H26N2O2/c1-2-4-15-5-7-16(8-6-15)18(22)20-11-3-12-21(14-13-20)19(23)17-9-10-17/h5-8,17H,2-4,9-14H2,1H3. The highest BCUT2D eigenvalue weighted by molar-refractivity contribution is 5.94. The summed E-state index contributed by atoms with van der Waals surface area (Å²) in [5.74, 6) is 0.653. The van der Waals surface area contributed by atoms with Crippen molar-refractivity contribution in [1.82, 2.24) is 9.80 Å². The van der Waals surface area contributed by atoms with Crippen LogP contribution in [0.4, 0.5) is 0 Å². The topological polar surface area (TPSA) is 40.6 Å². The molecule has 2 fully saturated rings. The minimum atomic E-state index is 0.0915. The van der Waals surface area contributed by atoms with E-state index in [0.717, 1.165) is 50.8 Å². The van der Waals surface area contributed by atoms with Crippen molar-refractivity contribution in [3.05, 3.63) is 35.4 Å². The van der Waals surface area contributed by atoms with Crippen molar-refractivity contribution in [2.45, 2.75) is 39.0 Å². The fourth-order valence-corrected chi connectivity index (χ4v) is 3.21. The summed E-state index contributed by atoms with van der Waals surface area (Å²) in [6, 6.07) is 7.98. The third kappa shape index (κ3) is 3.92. The SMILES string of the molecule is CCCc1ccc(C(=O)N2CCCN(C(=O)C3CC3)CC2)cc1. The molecule has 1 aromatic rings. The van der Waals surface area contributed by atoms with Gasteiger partial charge in [-0.15, -0.1) is 0 Å². The van der Waals surface area contributed by atoms with Crippen LogP contribution in [-0.2, 0) is 11.2 Å². The Morgan fingerprint density at radius 1 is 1.00 bits per heavy atom. The van der Waals surface area contributed by atoms with Crippen LogP contribution in [0.5, 0.6) is 0 Å². The number of carbonyl (C=O) groups excluding carboxylic acids is 2. The van der Waals surface area contributed by atoms with Crippen molar-refractivity contribution in [3.8, 4) is 0 Å². The number of hydrogen-bond acceptors (Lipinski definition) is 2. The maximum absolute atomic E-state index is 12.7. The summed E-state index contributed by atoms with van der Waals surface area (Å²) in [6.07, 6.45) is 5.13. The van der Waals surface area contributed by atoms with E-state index < -0.39 is 0 Å². The summed E-state index contributed by atoms with van der Waals surface area (Å²) in [6.45, 7) is 5.01. The van der Waals surface area contributed by atoms with Crippen molar-refractivity contribution in [2.75, 3.05) is 26.2 Å². The second kappa shape index (κ2) is 7.16. The predicted molar refractivity (Wildman–Crippen MR) is 90.3 cm³/mol. The minimum absolute atomic E-state index is 0.0915. The first-order valence-electron chi connectivity index (χ1n) is 8.86. The van der Waals surface area contributed by atoms with E-state index in [0.29, 0.717) is 19.0 Å². The Hall–Kier alpha value is -1.84. The highest BCUT2D eigenvalue weighted by atomic mass is 16.2. The first-order valence-corrected chi connectivity index (χ1v) is 8.86. The molecule has 0 unspecified atom stereocenters. The molecule has 1 aliphatic carbocycles. The summed E-state index contributed by atoms with van der Waals surface area (Å²) in [7, 11) is 0. The van der Waals surface area contributed by atoms with Gasteiger partial charge < -0.3 is 9.80 Å². The van der Waals surface area contributed by atoms with Gasteiger partial charge in [-0.2, -0.15) is 0 Å². The van der Waals surface area contributed by atoms with Gasteiger partial charge in [0.1, 0.15) is 0 Å². The molecule has 4 heteroatoms. The molecule has 1 heterocycles. The summed E-state index contributed by atoms with van der Waals surface area (Å²) in [5.41, 5.74) is 2.04. The predicted octanol–water partition coefficient (Wildman–Crippen LogP) is 2.72. The van der Waals surface area contributed by atoms with Crippen LogP contribution in [0.3, 0.4) is 0 Å². The average molecular weight is 314 g/mol. The molecule has 0 aromatic heterocycles. The van der Waals surface area contributed by atoms with Gasteiger partial charge in [0.05, 0.1) is 0 Å². The maximum atomic E-state index is 12.7. The van der Waals surface area contributed by atoms with E-state index in [9.17, 15) is 9.59 Å². The number of hydrogen-bond donors (Lipinski definition) is 0. The van der Waals surface area contributed by atoms with Gasteiger partial charge in [0.2, 0.25) is 5.91 Å². The minimum Gasteiger partial charge on any atom is -0.341 e. The Labute approximate surface area is 138 Å². The molecule has 1 saturated heterocycles. The fourth-order valence-electron chi connectivity index (χ4n) is 3.21. The Morgan fingerprint density at radius 2 is 1.65 bits per heavy atom. The molecule has 4 nitrogen and oxygen atoms in total. The van der Waals surface area contributed by atoms with Gasteiger partial charge in [-0.3, -0.25) is 9.59 Å². The van der Waals surface area contributed by atoms with Crippen LogP contribution in [-0.4, -0.2) is 47.8 Å². The molecule has 2 amide bonds. The van der Waals surface area contributed by atoms with E-state index in [1.165, 1.54) is 5.56 Å². The van der Waals surface area contributed by atoms with Gasteiger partial charge in [0, 0.05) is 37.7 Å². The van der Waals surface area contributed by atoms with Gasteiger partial charge >= 0.3 is 0 Å². The Bertz CT molecular complexity index is 563. The quantitative estimate of drug-likeness (QED) is 0.857. The molecular weight excluding hydrogens is 288 g/mol. The lowest BCUT2D eigenvalue weighted by atomic mass is 10.1. The van der Waals surface area contributed by atoms with Crippen molar-refractivity contribution in [2.24, 2.45) is 5.92 Å². The molecule has 0 bridgehead atoms. The Balaban J connectivity index is 1.59. The molecule has 0 atom stereocenters. The van der Waals surface area contributed by atoms with E-state index in [1.54, 1.807) is 0 Å². The first-order chi connectivity index (χ1) is 11.2. The summed E-state index contributed by atoms with van der Waals surface area (Å²) < 4.78 is 0. The molecule has 124 valence electrons. The van der Waals surface area contributed by atoms with Crippen LogP contribution in [0.2, 0.25) is 0 Å². The zero-order valence-corrected chi connectivity index (χ0v) is 14.0. The van der Waals surface area contributed by atoms with E-state index in [2.05, 4.69) is 19.1 Å². The molecule has 2 aliphatic rings. The van der Waals surface area contributed by atoms with Gasteiger partial charge in [-0.05, 0) is 43.4 Å². The second-order valence-electron chi connectivity index (χ2n) is 6.69. The molecule has 23 heavy (non-hydrogen) atoms. The van der Waals surface area contributed by atoms with Crippen LogP contribution < -0.4 is 0 Å². The molecular formula is C19H26N2O2. The van der Waals surface area contributed by atoms with Crippen molar-refractivity contribution >= 4 is 11.8 Å². The second-order valence-corrected chi connectivity index (χ2v) is 6.69. The van der Waals surface area contributed by atoms with E-state index >= 15 is 0 Å². The van der Waals surface area contributed by atoms with Crippen LogP contribution in [0.15, 0.2) is 24.3 Å². The number of benzene rings is 1. The number of aryl methyl sites for hydroxylation is 1. The van der Waals surface area contributed by atoms with Crippen LogP contribution in [0.25, 0.3) is 0 Å². The normalized spacial score (nSPS) is 18.7. The van der Waals surface area contributed by atoms with Crippen LogP contribution in [0.1, 0.15) is 48.5 Å². The van der Waals surface area contributed by atoms with Crippen molar-refractivity contribution in [1.29, 1.82) is 0 Å². The number of nitrogens with zero attached hydrogens (tertiary/aromatic N) is 2. The lowest BCUT2D eigenvalue weighted by molar-refractivity contribution is -0.132. The lowest BCUT2D eigenvalue weighted by Gasteiger charge is -2.22. The summed E-state index contributed by atoms with van der Waals surface area (Å²) in [5, 5.41) is 0. The van der Waals surface area contributed by atoms with Gasteiger partial charge in [0.25, 0.3) is 5.91 Å². The summed E-state index contributed by atoms with van der Waals surface area (Å²) in [4.78, 5) is 28.7. The largest absolute Gasteiger partial charge is 0.341 e. The lowest BCUT2D eigenvalue weighted by Crippen LogP contribution is -2.37. The Morgan fingerprint density at radius 3 is 2.30 bits per heavy atom. The highest BCUT2D eigenvalue weighted by Gasteiger charge is 2.34. The molecule has 1 aliphatic heterocycles. The van der Waals surface area contributed by atoms with Gasteiger partial charge in [0.15, 0.2) is 0 Å². The van der Waals surface area contributed by atoms with E-state index in [4.69, 9.17) is 0 Å². The summed E-state index contributed by atoms with van der Waals surface area (Å²) >= 11 is 0.